The topological polar surface area (TPSA) is 95.8 Å². The Balaban J connectivity index is 0.000000126. The van der Waals surface area contributed by atoms with Crippen LogP contribution in [-0.4, -0.2) is 48.2 Å². The van der Waals surface area contributed by atoms with Crippen LogP contribution in [0.1, 0.15) is 27.7 Å². The summed E-state index contributed by atoms with van der Waals surface area (Å²) in [7, 11) is -0.379. The molecule has 90 heavy (non-hydrogen) atoms. The zero-order valence-corrected chi connectivity index (χ0v) is 51.6. The molecule has 16 aromatic rings. The second-order valence-electron chi connectivity index (χ2n) is 23.6. The van der Waals surface area contributed by atoms with E-state index in [1.165, 1.54) is 64.6 Å². The lowest BCUT2D eigenvalue weighted by Crippen LogP contribution is -2.41. The van der Waals surface area contributed by atoms with Gasteiger partial charge in [0.1, 0.15) is 4.60 Å². The predicted molar refractivity (Wildman–Crippen MR) is 377 cm³/mol. The minimum Gasteiger partial charge on any atom is -0.399 e. The first-order valence-corrected chi connectivity index (χ1v) is 31.1. The summed E-state index contributed by atoms with van der Waals surface area (Å²) in [5, 5.41) is 17.0. The molecule has 0 bridgehead atoms. The molecule has 0 unspecified atom stereocenters. The lowest BCUT2D eigenvalue weighted by atomic mass is 9.78. The van der Waals surface area contributed by atoms with E-state index in [1.807, 2.05) is 72.8 Å². The van der Waals surface area contributed by atoms with Gasteiger partial charge in [0.15, 0.2) is 0 Å². The Morgan fingerprint density at radius 3 is 1.06 bits per heavy atom. The van der Waals surface area contributed by atoms with E-state index in [2.05, 4.69) is 253 Å². The number of nitrogens with zero attached hydrogens (tertiary/aromatic N) is 6. The highest BCUT2D eigenvalue weighted by Crippen LogP contribution is 2.44. The third kappa shape index (κ3) is 10.3. The Kier molecular flexibility index (Phi) is 14.5. The zero-order chi connectivity index (χ0) is 60.9. The van der Waals surface area contributed by atoms with Crippen LogP contribution in [0.4, 0.5) is 0 Å². The van der Waals surface area contributed by atoms with E-state index in [0.29, 0.717) is 0 Å². The van der Waals surface area contributed by atoms with Crippen LogP contribution in [0.25, 0.3) is 143 Å². The maximum atomic E-state index is 6.27. The third-order valence-corrected chi connectivity index (χ3v) is 18.1. The van der Waals surface area contributed by atoms with E-state index in [-0.39, 0.29) is 18.3 Å². The summed E-state index contributed by atoms with van der Waals surface area (Å²) in [4.78, 5) is 28.6. The molecular formula is C80H58BBrN6O2. The van der Waals surface area contributed by atoms with E-state index >= 15 is 0 Å². The van der Waals surface area contributed by atoms with Crippen LogP contribution in [-0.2, 0) is 9.31 Å². The molecule has 10 aromatic carbocycles. The molecule has 7 heterocycles. The van der Waals surface area contributed by atoms with Gasteiger partial charge in [-0.1, -0.05) is 218 Å². The Labute approximate surface area is 530 Å². The van der Waals surface area contributed by atoms with Gasteiger partial charge in [0, 0.05) is 61.4 Å². The predicted octanol–water partition coefficient (Wildman–Crippen LogP) is 20.1. The van der Waals surface area contributed by atoms with Gasteiger partial charge in [-0.25, -0.2) is 19.9 Å². The van der Waals surface area contributed by atoms with E-state index in [4.69, 9.17) is 24.3 Å². The fourth-order valence-corrected chi connectivity index (χ4v) is 12.9. The quantitative estimate of drug-likeness (QED) is 0.0923. The van der Waals surface area contributed by atoms with Crippen molar-refractivity contribution < 1.29 is 9.31 Å². The molecule has 1 aliphatic heterocycles. The molecule has 0 N–H and O–H groups in total. The first-order chi connectivity index (χ1) is 44.0. The van der Waals surface area contributed by atoms with Crippen molar-refractivity contribution in [3.05, 3.63) is 284 Å². The first kappa shape index (κ1) is 56.2. The maximum absolute atomic E-state index is 6.27. The largest absolute Gasteiger partial charge is 0.494 e. The molecule has 0 spiro atoms. The van der Waals surface area contributed by atoms with E-state index in [9.17, 15) is 0 Å². The maximum Gasteiger partial charge on any atom is 0.494 e. The van der Waals surface area contributed by atoms with Crippen molar-refractivity contribution in [2.45, 2.75) is 38.9 Å². The number of aromatic nitrogens is 6. The van der Waals surface area contributed by atoms with Crippen molar-refractivity contribution in [1.29, 1.82) is 0 Å². The van der Waals surface area contributed by atoms with Crippen molar-refractivity contribution in [3.8, 4) is 56.5 Å². The average molecular weight is 1230 g/mol. The molecule has 0 saturated carbocycles. The molecule has 10 heteroatoms. The number of halogens is 1. The molecule has 8 nitrogen and oxygen atoms in total. The van der Waals surface area contributed by atoms with Gasteiger partial charge in [0.2, 0.25) is 0 Å². The fraction of sp³-hybridized carbons (Fsp3) is 0.0750. The Morgan fingerprint density at radius 1 is 0.289 bits per heavy atom. The molecule has 17 rings (SSSR count). The van der Waals surface area contributed by atoms with Crippen LogP contribution in [0.3, 0.4) is 0 Å². The second kappa shape index (κ2) is 23.3. The summed E-state index contributed by atoms with van der Waals surface area (Å²) in [6.45, 7) is 8.34. The van der Waals surface area contributed by atoms with Crippen LogP contribution in [0, 0.1) is 0 Å². The molecule has 6 aromatic heterocycles. The normalized spacial score (nSPS) is 13.5. The monoisotopic (exact) mass is 1220 g/mol. The smallest absolute Gasteiger partial charge is 0.399 e. The fourth-order valence-electron chi connectivity index (χ4n) is 12.5. The van der Waals surface area contributed by atoms with Crippen LogP contribution >= 0.6 is 15.9 Å². The van der Waals surface area contributed by atoms with Gasteiger partial charge < -0.3 is 9.31 Å². The van der Waals surface area contributed by atoms with Crippen molar-refractivity contribution in [3.63, 3.8) is 0 Å². The molecule has 1 saturated heterocycles. The SMILES string of the molecule is Brc1cccc(-c2ccccn2)n1.CC1(C)OB(c2ccc(-c3nc4c5ccccc5c5ccccc5c4c4ccccc34)cc2)OC1(C)C.c1ccc(-c2cccc(-c3ccc(-c4nc5c6ccccc6c6ccccc6c5c5ccccc45)cc3)n2)nc1. The highest BCUT2D eigenvalue weighted by atomic mass is 79.9. The summed E-state index contributed by atoms with van der Waals surface area (Å²) >= 11 is 3.32. The standard InChI is InChI=1S/C37H23N3.C33H28BNO2.C10H7BrN2/c1-3-12-28-26(10-1)27-11-2-5-14-30(27)37-35(28)29-13-4-6-15-31(29)36(40-37)25-21-19-24(20-22-25)32-17-9-18-34(39-32)33-16-7-8-23-38-33;1-32(2)33(3,4)37-34(36-32)22-19-17-21(18-20-22)30-28-16-10-8-14-26(28)29-25-13-7-5-11-23(25)24-12-6-9-15-27(24)31(29)35-30;11-10-6-3-5-9(13-10)8-4-1-2-7-12-8/h1-23H;5-20H,1-4H3;1-7H. The van der Waals surface area contributed by atoms with E-state index in [0.717, 1.165) is 88.4 Å². The van der Waals surface area contributed by atoms with E-state index < -0.39 is 0 Å². The van der Waals surface area contributed by atoms with E-state index in [1.54, 1.807) is 12.4 Å². The minimum atomic E-state index is -0.379. The molecule has 0 aliphatic carbocycles. The minimum absolute atomic E-state index is 0.365. The van der Waals surface area contributed by atoms with Gasteiger partial charge in [-0.15, -0.1) is 0 Å². The van der Waals surface area contributed by atoms with Gasteiger partial charge in [-0.05, 0) is 141 Å². The summed E-state index contributed by atoms with van der Waals surface area (Å²) < 4.78 is 13.4. The van der Waals surface area contributed by atoms with Gasteiger partial charge in [-0.2, -0.15) is 0 Å². The number of hydrogen-bond acceptors (Lipinski definition) is 8. The number of fused-ring (bicyclic) bond motifs is 16. The van der Waals surface area contributed by atoms with Crippen LogP contribution in [0.5, 0.6) is 0 Å². The Morgan fingerprint density at radius 2 is 0.622 bits per heavy atom. The van der Waals surface area contributed by atoms with Gasteiger partial charge >= 0.3 is 7.12 Å². The summed E-state index contributed by atoms with van der Waals surface area (Å²) in [6.07, 6.45) is 3.56. The first-order valence-electron chi connectivity index (χ1n) is 30.3. The Bertz CT molecular complexity index is 5380. The van der Waals surface area contributed by atoms with Gasteiger partial charge in [-0.3, -0.25) is 9.97 Å². The molecular weight excluding hydrogens is 1170 g/mol. The molecule has 1 aliphatic rings. The van der Waals surface area contributed by atoms with Crippen LogP contribution in [0.15, 0.2) is 284 Å². The molecule has 430 valence electrons. The Hall–Kier alpha value is -10.4. The number of benzene rings is 10. The van der Waals surface area contributed by atoms with Crippen molar-refractivity contribution >= 4 is 115 Å². The van der Waals surface area contributed by atoms with Crippen LogP contribution < -0.4 is 5.46 Å². The van der Waals surface area contributed by atoms with Gasteiger partial charge in [0.05, 0.1) is 62.1 Å². The van der Waals surface area contributed by atoms with Gasteiger partial charge in [0.25, 0.3) is 0 Å². The lowest BCUT2D eigenvalue weighted by Gasteiger charge is -2.32. The zero-order valence-electron chi connectivity index (χ0n) is 50.0. The van der Waals surface area contributed by atoms with Crippen LogP contribution in [0.2, 0.25) is 0 Å². The summed E-state index contributed by atoms with van der Waals surface area (Å²) in [5.74, 6) is 0. The average Bonchev–Trinajstić information content (AvgIpc) is 0.906. The number of hydrogen-bond donors (Lipinski definition) is 0. The lowest BCUT2D eigenvalue weighted by molar-refractivity contribution is 0.00578. The second-order valence-corrected chi connectivity index (χ2v) is 24.4. The number of rotatable bonds is 6. The summed E-state index contributed by atoms with van der Waals surface area (Å²) in [5.41, 5.74) is 12.0. The highest BCUT2D eigenvalue weighted by molar-refractivity contribution is 9.10. The van der Waals surface area contributed by atoms with Crippen molar-refractivity contribution in [1.82, 2.24) is 29.9 Å². The summed E-state index contributed by atoms with van der Waals surface area (Å²) in [6, 6.07) is 92.5. The highest BCUT2D eigenvalue weighted by Gasteiger charge is 2.51. The molecule has 0 amide bonds. The third-order valence-electron chi connectivity index (χ3n) is 17.6. The molecule has 1 fully saturated rings. The molecule has 0 radical (unpaired) electrons. The van der Waals surface area contributed by atoms with Crippen molar-refractivity contribution in [2.24, 2.45) is 0 Å². The number of pyridine rings is 6. The van der Waals surface area contributed by atoms with Crippen molar-refractivity contribution in [2.75, 3.05) is 0 Å². The molecule has 0 atom stereocenters.